The molecule has 0 saturated heterocycles. The fourth-order valence-electron chi connectivity index (χ4n) is 4.70. The van der Waals surface area contributed by atoms with Crippen LogP contribution in [-0.4, -0.2) is 60.8 Å². The minimum atomic E-state index is -1.50. The molecule has 1 aliphatic heterocycles. The van der Waals surface area contributed by atoms with Gasteiger partial charge in [-0.15, -0.1) is 0 Å². The van der Waals surface area contributed by atoms with Crippen molar-refractivity contribution in [1.29, 1.82) is 0 Å². The number of anilines is 2. The highest BCUT2D eigenvalue weighted by atomic mass is 32.2. The van der Waals surface area contributed by atoms with Gasteiger partial charge in [-0.2, -0.15) is 11.8 Å². The van der Waals surface area contributed by atoms with Crippen LogP contribution in [-0.2, 0) is 25.6 Å². The number of amides is 4. The number of para-hydroxylation sites is 2. The lowest BCUT2D eigenvalue weighted by molar-refractivity contribution is -0.135. The van der Waals surface area contributed by atoms with Crippen LogP contribution in [0.1, 0.15) is 39.7 Å². The number of rotatable bonds is 12. The van der Waals surface area contributed by atoms with Crippen LogP contribution in [0.2, 0.25) is 0 Å². The smallest absolute Gasteiger partial charge is 0.259 e. The molecule has 0 aliphatic carbocycles. The predicted octanol–water partition coefficient (Wildman–Crippen LogP) is 3.92. The normalized spacial score (nSPS) is 14.8. The molecule has 0 saturated carbocycles. The van der Waals surface area contributed by atoms with Gasteiger partial charge in [-0.3, -0.25) is 19.2 Å². The second kappa shape index (κ2) is 14.4. The van der Waals surface area contributed by atoms with E-state index in [0.717, 1.165) is 12.1 Å². The van der Waals surface area contributed by atoms with E-state index in [9.17, 15) is 28.0 Å². The van der Waals surface area contributed by atoms with Gasteiger partial charge in [-0.25, -0.2) is 8.78 Å². The minimum absolute atomic E-state index is 0.0800. The Balaban J connectivity index is 1.90. The molecule has 2 aromatic carbocycles. The Hall–Kier alpha value is -3.47. The van der Waals surface area contributed by atoms with Crippen LogP contribution in [0.15, 0.2) is 42.5 Å². The van der Waals surface area contributed by atoms with Gasteiger partial charge in [0.2, 0.25) is 11.8 Å². The lowest BCUT2D eigenvalue weighted by atomic mass is 10.1. The first-order chi connectivity index (χ1) is 19.4. The lowest BCUT2D eigenvalue weighted by Crippen LogP contribution is -2.59. The molecule has 1 heterocycles. The van der Waals surface area contributed by atoms with Gasteiger partial charge in [0.05, 0.1) is 17.8 Å². The quantitative estimate of drug-likeness (QED) is 0.367. The Labute approximate surface area is 244 Å². The second-order valence-corrected chi connectivity index (χ2v) is 12.0. The minimum Gasteiger partial charge on any atom is -0.344 e. The number of carbonyl (C=O) groups excluding carboxylic acids is 4. The maximum absolute atomic E-state index is 13.9. The van der Waals surface area contributed by atoms with Gasteiger partial charge < -0.3 is 20.4 Å². The standard InChI is InChI=1S/C30H38F2N4O4S/c1-18(2)16-35-24-8-6-7-9-25(24)36(17-19(3)4)30(40)27(29(35)39)34-28(38)23(10-11-41-5)33-26(37)14-20-12-21(31)15-22(32)13-20/h6-9,12-13,15,18-19,23,27H,10-11,14,16-17H2,1-5H3,(H,33,37)(H,34,38)/t23-/m0/s1. The van der Waals surface area contributed by atoms with E-state index in [-0.39, 0.29) is 30.2 Å². The summed E-state index contributed by atoms with van der Waals surface area (Å²) < 4.78 is 27.2. The highest BCUT2D eigenvalue weighted by Crippen LogP contribution is 2.34. The largest absolute Gasteiger partial charge is 0.344 e. The van der Waals surface area contributed by atoms with Crippen molar-refractivity contribution < 1.29 is 28.0 Å². The van der Waals surface area contributed by atoms with Crippen molar-refractivity contribution >= 4 is 46.8 Å². The first-order valence-electron chi connectivity index (χ1n) is 13.7. The summed E-state index contributed by atoms with van der Waals surface area (Å²) in [6.07, 6.45) is 1.71. The van der Waals surface area contributed by atoms with Gasteiger partial charge >= 0.3 is 0 Å². The van der Waals surface area contributed by atoms with Gasteiger partial charge in [0.25, 0.3) is 11.8 Å². The molecule has 1 atom stereocenters. The zero-order valence-electron chi connectivity index (χ0n) is 24.1. The number of thioether (sulfide) groups is 1. The molecule has 11 heteroatoms. The molecule has 2 aromatic rings. The molecule has 2 N–H and O–H groups in total. The zero-order chi connectivity index (χ0) is 30.3. The maximum atomic E-state index is 13.9. The number of nitrogens with one attached hydrogen (secondary N) is 2. The SMILES string of the molecule is CSCC[C@H](NC(=O)Cc1cc(F)cc(F)c1)C(=O)NC1C(=O)N(CC(C)C)c2ccccc2N(CC(C)C)C1=O. The highest BCUT2D eigenvalue weighted by molar-refractivity contribution is 7.98. The summed E-state index contributed by atoms with van der Waals surface area (Å²) in [5.41, 5.74) is 1.29. The molecule has 0 aromatic heterocycles. The molecule has 41 heavy (non-hydrogen) atoms. The Morgan fingerprint density at radius 2 is 1.41 bits per heavy atom. The van der Waals surface area contributed by atoms with Crippen LogP contribution in [0.25, 0.3) is 0 Å². The van der Waals surface area contributed by atoms with Crippen LogP contribution >= 0.6 is 11.8 Å². The third kappa shape index (κ3) is 8.51. The second-order valence-electron chi connectivity index (χ2n) is 11.0. The molecule has 0 bridgehead atoms. The number of hydrogen-bond donors (Lipinski definition) is 2. The monoisotopic (exact) mass is 588 g/mol. The average molecular weight is 589 g/mol. The van der Waals surface area contributed by atoms with E-state index < -0.39 is 47.3 Å². The summed E-state index contributed by atoms with van der Waals surface area (Å²) in [5, 5.41) is 5.25. The van der Waals surface area contributed by atoms with Crippen LogP contribution in [0, 0.1) is 23.5 Å². The van der Waals surface area contributed by atoms with E-state index in [2.05, 4.69) is 10.6 Å². The van der Waals surface area contributed by atoms with Crippen molar-refractivity contribution in [2.45, 2.75) is 52.6 Å². The van der Waals surface area contributed by atoms with E-state index in [1.54, 1.807) is 24.3 Å². The summed E-state index contributed by atoms with van der Waals surface area (Å²) in [5.74, 6) is -3.38. The van der Waals surface area contributed by atoms with Gasteiger partial charge in [0.1, 0.15) is 17.7 Å². The van der Waals surface area contributed by atoms with Crippen molar-refractivity contribution in [2.24, 2.45) is 11.8 Å². The Bertz CT molecular complexity index is 1200. The van der Waals surface area contributed by atoms with E-state index in [1.165, 1.54) is 21.6 Å². The van der Waals surface area contributed by atoms with E-state index in [1.807, 2.05) is 34.0 Å². The summed E-state index contributed by atoms with van der Waals surface area (Å²) in [4.78, 5) is 57.2. The van der Waals surface area contributed by atoms with E-state index >= 15 is 0 Å². The van der Waals surface area contributed by atoms with Gasteiger partial charge in [-0.1, -0.05) is 39.8 Å². The summed E-state index contributed by atoms with van der Waals surface area (Å²) in [6, 6.07) is 7.41. The Morgan fingerprint density at radius 1 is 0.902 bits per heavy atom. The number of benzene rings is 2. The molecular formula is C30H38F2N4O4S. The number of fused-ring (bicyclic) bond motifs is 1. The van der Waals surface area contributed by atoms with E-state index in [4.69, 9.17) is 0 Å². The third-order valence-corrected chi connectivity index (χ3v) is 7.06. The van der Waals surface area contributed by atoms with Crippen molar-refractivity contribution in [1.82, 2.24) is 10.6 Å². The van der Waals surface area contributed by atoms with E-state index in [0.29, 0.717) is 36.3 Å². The van der Waals surface area contributed by atoms with Gasteiger partial charge in [0, 0.05) is 19.2 Å². The topological polar surface area (TPSA) is 98.8 Å². The molecule has 8 nitrogen and oxygen atoms in total. The maximum Gasteiger partial charge on any atom is 0.259 e. The predicted molar refractivity (Wildman–Crippen MR) is 158 cm³/mol. The van der Waals surface area contributed by atoms with Crippen molar-refractivity contribution in [3.63, 3.8) is 0 Å². The number of hydrogen-bond acceptors (Lipinski definition) is 5. The average Bonchev–Trinajstić information content (AvgIpc) is 2.96. The number of nitrogens with zero attached hydrogens (tertiary/aromatic N) is 2. The van der Waals surface area contributed by atoms with Crippen LogP contribution in [0.3, 0.4) is 0 Å². The number of carbonyl (C=O) groups is 4. The summed E-state index contributed by atoms with van der Waals surface area (Å²) in [7, 11) is 0. The van der Waals surface area contributed by atoms with Crippen LogP contribution < -0.4 is 20.4 Å². The van der Waals surface area contributed by atoms with Crippen LogP contribution in [0.4, 0.5) is 20.2 Å². The number of halogens is 2. The van der Waals surface area contributed by atoms with Gasteiger partial charge in [-0.05, 0) is 60.1 Å². The Kier molecular flexibility index (Phi) is 11.3. The highest BCUT2D eigenvalue weighted by Gasteiger charge is 2.42. The molecular weight excluding hydrogens is 550 g/mol. The molecule has 222 valence electrons. The molecule has 0 unspecified atom stereocenters. The molecule has 0 spiro atoms. The summed E-state index contributed by atoms with van der Waals surface area (Å²) in [6.45, 7) is 8.51. The van der Waals surface area contributed by atoms with Crippen molar-refractivity contribution in [3.8, 4) is 0 Å². The molecule has 1 aliphatic rings. The summed E-state index contributed by atoms with van der Waals surface area (Å²) >= 11 is 1.46. The Morgan fingerprint density at radius 3 is 1.88 bits per heavy atom. The van der Waals surface area contributed by atoms with Gasteiger partial charge in [0.15, 0.2) is 6.04 Å². The first-order valence-corrected chi connectivity index (χ1v) is 15.1. The van der Waals surface area contributed by atoms with Crippen LogP contribution in [0.5, 0.6) is 0 Å². The fourth-order valence-corrected chi connectivity index (χ4v) is 5.17. The van der Waals surface area contributed by atoms with Crippen molar-refractivity contribution in [3.05, 3.63) is 59.7 Å². The molecule has 3 rings (SSSR count). The molecule has 0 fully saturated rings. The third-order valence-electron chi connectivity index (χ3n) is 6.42. The lowest BCUT2D eigenvalue weighted by Gasteiger charge is -2.27. The van der Waals surface area contributed by atoms with Crippen molar-refractivity contribution in [2.75, 3.05) is 34.9 Å². The molecule has 4 amide bonds. The first kappa shape index (κ1) is 32.0. The zero-order valence-corrected chi connectivity index (χ0v) is 24.9. The fraction of sp³-hybridized carbons (Fsp3) is 0.467. The molecule has 0 radical (unpaired) electrons.